The average molecular weight is 443 g/mol. The Bertz CT molecular complexity index is 538. The van der Waals surface area contributed by atoms with Gasteiger partial charge in [0.2, 0.25) is 0 Å². The summed E-state index contributed by atoms with van der Waals surface area (Å²) in [7, 11) is 0. The highest BCUT2D eigenvalue weighted by molar-refractivity contribution is 14.1. The van der Waals surface area contributed by atoms with Crippen molar-refractivity contribution in [3.63, 3.8) is 0 Å². The van der Waals surface area contributed by atoms with Gasteiger partial charge in [0.25, 0.3) is 0 Å². The first-order chi connectivity index (χ1) is 8.49. The highest BCUT2D eigenvalue weighted by Gasteiger charge is 2.18. The Kier molecular flexibility index (Phi) is 4.61. The molecule has 94 valence electrons. The van der Waals surface area contributed by atoms with Gasteiger partial charge in [-0.15, -0.1) is 0 Å². The van der Waals surface area contributed by atoms with Gasteiger partial charge < -0.3 is 0 Å². The zero-order valence-corrected chi connectivity index (χ0v) is 13.4. The third kappa shape index (κ3) is 3.03. The minimum Gasteiger partial charge on any atom is -0.207 e. The summed E-state index contributed by atoms with van der Waals surface area (Å²) < 4.78 is 27.8. The van der Waals surface area contributed by atoms with Crippen LogP contribution in [0.5, 0.6) is 0 Å². The van der Waals surface area contributed by atoms with Gasteiger partial charge in [0.1, 0.15) is 11.6 Å². The maximum atomic E-state index is 13.7. The molecule has 0 spiro atoms. The third-order valence-corrected chi connectivity index (χ3v) is 4.67. The number of rotatable bonds is 2. The lowest BCUT2D eigenvalue weighted by Crippen LogP contribution is -1.99. The van der Waals surface area contributed by atoms with Crippen LogP contribution in [-0.2, 0) is 0 Å². The van der Waals surface area contributed by atoms with Crippen LogP contribution in [0.3, 0.4) is 0 Å². The molecule has 5 heteroatoms. The summed E-state index contributed by atoms with van der Waals surface area (Å²) in [5.74, 6) is -0.915. The van der Waals surface area contributed by atoms with Crippen LogP contribution in [0.2, 0.25) is 5.02 Å². The molecule has 0 amide bonds. The zero-order valence-electron chi connectivity index (χ0n) is 8.93. The van der Waals surface area contributed by atoms with E-state index in [1.807, 2.05) is 6.07 Å². The van der Waals surface area contributed by atoms with E-state index >= 15 is 0 Å². The summed E-state index contributed by atoms with van der Waals surface area (Å²) in [4.78, 5) is -0.432. The van der Waals surface area contributed by atoms with Crippen LogP contribution in [0.1, 0.15) is 16.0 Å². The molecule has 2 rings (SSSR count). The van der Waals surface area contributed by atoms with Crippen LogP contribution < -0.4 is 0 Å². The molecule has 18 heavy (non-hydrogen) atoms. The molecule has 2 aromatic rings. The fraction of sp³-hybridized carbons (Fsp3) is 0.0769. The van der Waals surface area contributed by atoms with Crippen molar-refractivity contribution in [2.24, 2.45) is 0 Å². The molecule has 0 radical (unpaired) electrons. The minimum absolute atomic E-state index is 0.259. The summed E-state index contributed by atoms with van der Waals surface area (Å²) in [5.41, 5.74) is 1.07. The number of benzene rings is 2. The van der Waals surface area contributed by atoms with Crippen molar-refractivity contribution in [3.8, 4) is 0 Å². The summed E-state index contributed by atoms with van der Waals surface area (Å²) >= 11 is 11.5. The van der Waals surface area contributed by atoms with Crippen LogP contribution in [0.25, 0.3) is 0 Å². The molecule has 0 aliphatic carbocycles. The lowest BCUT2D eigenvalue weighted by molar-refractivity contribution is 0.588. The first-order valence-electron chi connectivity index (χ1n) is 5.03. The predicted octanol–water partition coefficient (Wildman–Crippen LogP) is 5.71. The Labute approximate surface area is 131 Å². The van der Waals surface area contributed by atoms with E-state index in [0.29, 0.717) is 5.02 Å². The van der Waals surface area contributed by atoms with E-state index in [9.17, 15) is 8.78 Å². The van der Waals surface area contributed by atoms with E-state index in [-0.39, 0.29) is 5.56 Å². The molecular formula is C13H7BrClF2I. The Balaban J connectivity index is 2.50. The van der Waals surface area contributed by atoms with Crippen molar-refractivity contribution in [2.45, 2.75) is 4.83 Å². The predicted molar refractivity (Wildman–Crippen MR) is 81.3 cm³/mol. The highest BCUT2D eigenvalue weighted by atomic mass is 127. The fourth-order valence-electron chi connectivity index (χ4n) is 1.59. The maximum absolute atomic E-state index is 13.7. The summed E-state index contributed by atoms with van der Waals surface area (Å²) in [6.45, 7) is 0. The first kappa shape index (κ1) is 14.2. The van der Waals surface area contributed by atoms with Crippen molar-refractivity contribution < 1.29 is 8.78 Å². The SMILES string of the molecule is Fc1ccc(F)c(C(Br)c2cc(Cl)ccc2I)c1. The summed E-state index contributed by atoms with van der Waals surface area (Å²) in [6, 6.07) is 8.74. The monoisotopic (exact) mass is 442 g/mol. The molecule has 0 aliphatic heterocycles. The molecule has 1 unspecified atom stereocenters. The lowest BCUT2D eigenvalue weighted by Gasteiger charge is -2.14. The van der Waals surface area contributed by atoms with Gasteiger partial charge in [-0.3, -0.25) is 0 Å². The van der Waals surface area contributed by atoms with E-state index < -0.39 is 16.5 Å². The molecule has 1 atom stereocenters. The summed E-state index contributed by atoms with van der Waals surface area (Å²) in [5, 5.41) is 0.562. The molecule has 0 aliphatic rings. The Hall–Kier alpha value is -0.200. The normalized spacial score (nSPS) is 12.5. The van der Waals surface area contributed by atoms with Gasteiger partial charge in [-0.05, 0) is 64.6 Å². The minimum atomic E-state index is -0.465. The lowest BCUT2D eigenvalue weighted by atomic mass is 10.0. The van der Waals surface area contributed by atoms with Gasteiger partial charge in [-0.25, -0.2) is 8.78 Å². The first-order valence-corrected chi connectivity index (χ1v) is 7.40. The number of hydrogen-bond donors (Lipinski definition) is 0. The number of halogens is 5. The second-order valence-electron chi connectivity index (χ2n) is 3.69. The van der Waals surface area contributed by atoms with E-state index in [0.717, 1.165) is 21.3 Å². The third-order valence-electron chi connectivity index (χ3n) is 2.46. The molecular weight excluding hydrogens is 436 g/mol. The smallest absolute Gasteiger partial charge is 0.128 e. The van der Waals surface area contributed by atoms with Gasteiger partial charge in [0, 0.05) is 14.2 Å². The van der Waals surface area contributed by atoms with Crippen LogP contribution in [0, 0.1) is 15.2 Å². The van der Waals surface area contributed by atoms with Crippen molar-refractivity contribution in [1.82, 2.24) is 0 Å². The van der Waals surface area contributed by atoms with Crippen molar-refractivity contribution in [1.29, 1.82) is 0 Å². The van der Waals surface area contributed by atoms with E-state index in [4.69, 9.17) is 11.6 Å². The van der Waals surface area contributed by atoms with Crippen molar-refractivity contribution in [2.75, 3.05) is 0 Å². The van der Waals surface area contributed by atoms with Gasteiger partial charge in [-0.1, -0.05) is 27.5 Å². The fourth-order valence-corrected chi connectivity index (χ4v) is 3.57. The average Bonchev–Trinajstić information content (AvgIpc) is 2.34. The van der Waals surface area contributed by atoms with Crippen LogP contribution in [-0.4, -0.2) is 0 Å². The quantitative estimate of drug-likeness (QED) is 0.412. The van der Waals surface area contributed by atoms with Crippen LogP contribution in [0.4, 0.5) is 8.78 Å². The van der Waals surface area contributed by atoms with Crippen LogP contribution in [0.15, 0.2) is 36.4 Å². The molecule has 0 N–H and O–H groups in total. The van der Waals surface area contributed by atoms with Gasteiger partial charge in [0.15, 0.2) is 0 Å². The van der Waals surface area contributed by atoms with E-state index in [2.05, 4.69) is 38.5 Å². The van der Waals surface area contributed by atoms with E-state index in [1.165, 1.54) is 6.07 Å². The molecule has 0 fully saturated rings. The molecule has 2 aromatic carbocycles. The van der Waals surface area contributed by atoms with Gasteiger partial charge >= 0.3 is 0 Å². The summed E-state index contributed by atoms with van der Waals surface area (Å²) in [6.07, 6.45) is 0. The van der Waals surface area contributed by atoms with Crippen molar-refractivity contribution >= 4 is 50.1 Å². The number of alkyl halides is 1. The van der Waals surface area contributed by atoms with Gasteiger partial charge in [-0.2, -0.15) is 0 Å². The van der Waals surface area contributed by atoms with Crippen molar-refractivity contribution in [3.05, 3.63) is 67.8 Å². The topological polar surface area (TPSA) is 0 Å². The standard InChI is InChI=1S/C13H7BrClF2I/c14-13(9-6-8(16)2-3-11(9)17)10-5-7(15)1-4-12(10)18/h1-6,13H. The Morgan fingerprint density at radius 2 is 1.78 bits per heavy atom. The number of hydrogen-bond acceptors (Lipinski definition) is 0. The largest absolute Gasteiger partial charge is 0.207 e. The molecule has 0 saturated carbocycles. The maximum Gasteiger partial charge on any atom is 0.128 e. The highest BCUT2D eigenvalue weighted by Crippen LogP contribution is 2.36. The molecule has 0 nitrogen and oxygen atoms in total. The van der Waals surface area contributed by atoms with E-state index in [1.54, 1.807) is 12.1 Å². The molecule has 0 saturated heterocycles. The molecule has 0 heterocycles. The van der Waals surface area contributed by atoms with Crippen LogP contribution >= 0.6 is 50.1 Å². The second kappa shape index (κ2) is 5.84. The second-order valence-corrected chi connectivity index (χ2v) is 6.21. The Morgan fingerprint density at radius 1 is 1.06 bits per heavy atom. The van der Waals surface area contributed by atoms with Gasteiger partial charge in [0.05, 0.1) is 4.83 Å². The molecule has 0 aromatic heterocycles. The zero-order chi connectivity index (χ0) is 13.3. The molecule has 0 bridgehead atoms. The Morgan fingerprint density at radius 3 is 2.50 bits per heavy atom.